The van der Waals surface area contributed by atoms with Gasteiger partial charge in [0.15, 0.2) is 16.8 Å². The Bertz CT molecular complexity index is 972. The molecule has 5 nitrogen and oxygen atoms in total. The van der Waals surface area contributed by atoms with Crippen molar-refractivity contribution in [2.24, 2.45) is 7.05 Å². The van der Waals surface area contributed by atoms with E-state index in [0.717, 1.165) is 11.4 Å². The van der Waals surface area contributed by atoms with Gasteiger partial charge in [0.2, 0.25) is 0 Å². The first-order chi connectivity index (χ1) is 13.3. The zero-order valence-corrected chi connectivity index (χ0v) is 17.7. The van der Waals surface area contributed by atoms with Gasteiger partial charge in [-0.25, -0.2) is 0 Å². The number of thioether (sulfide) groups is 1. The Morgan fingerprint density at radius 1 is 1.11 bits per heavy atom. The van der Waals surface area contributed by atoms with Crippen molar-refractivity contribution in [3.63, 3.8) is 0 Å². The minimum Gasteiger partial charge on any atom is -0.497 e. The lowest BCUT2D eigenvalue weighted by Crippen LogP contribution is -2.10. The standard InChI is InChI=1S/C22H25N3O2S/c1-22(2,3)17-11-9-15(10-12-17)20-23-24-21(25(20)4)28-14-19(26)16-7-6-8-18(13-16)27-5/h6-13H,14H2,1-5H3. The fourth-order valence-corrected chi connectivity index (χ4v) is 3.63. The van der Waals surface area contributed by atoms with Crippen LogP contribution in [0.15, 0.2) is 53.7 Å². The SMILES string of the molecule is COc1cccc(C(=O)CSc2nnc(-c3ccc(C(C)(C)C)cc3)n2C)c1. The van der Waals surface area contributed by atoms with E-state index in [4.69, 9.17) is 4.74 Å². The van der Waals surface area contributed by atoms with Crippen molar-refractivity contribution in [1.29, 1.82) is 0 Å². The smallest absolute Gasteiger partial charge is 0.191 e. The molecule has 6 heteroatoms. The van der Waals surface area contributed by atoms with Crippen molar-refractivity contribution in [3.8, 4) is 17.1 Å². The maximum atomic E-state index is 12.5. The minimum absolute atomic E-state index is 0.0305. The molecule has 0 unspecified atom stereocenters. The monoisotopic (exact) mass is 395 g/mol. The van der Waals surface area contributed by atoms with Gasteiger partial charge in [-0.05, 0) is 23.1 Å². The molecule has 1 aromatic heterocycles. The molecule has 2 aromatic carbocycles. The van der Waals surface area contributed by atoms with Crippen molar-refractivity contribution in [2.75, 3.05) is 12.9 Å². The number of benzene rings is 2. The third kappa shape index (κ3) is 4.44. The number of ether oxygens (including phenoxy) is 1. The van der Waals surface area contributed by atoms with Gasteiger partial charge in [0.1, 0.15) is 5.75 Å². The number of carbonyl (C=O) groups excluding carboxylic acids is 1. The topological polar surface area (TPSA) is 57.0 Å². The molecule has 0 aliphatic carbocycles. The first-order valence-electron chi connectivity index (χ1n) is 9.10. The van der Waals surface area contributed by atoms with Crippen LogP contribution in [-0.4, -0.2) is 33.4 Å². The maximum Gasteiger partial charge on any atom is 0.191 e. The summed E-state index contributed by atoms with van der Waals surface area (Å²) in [5.41, 5.74) is 3.03. The average Bonchev–Trinajstić information content (AvgIpc) is 3.06. The molecular formula is C22H25N3O2S. The third-order valence-corrected chi connectivity index (χ3v) is 5.59. The van der Waals surface area contributed by atoms with Gasteiger partial charge in [-0.2, -0.15) is 0 Å². The van der Waals surface area contributed by atoms with Gasteiger partial charge in [0.05, 0.1) is 12.9 Å². The normalized spacial score (nSPS) is 11.5. The Morgan fingerprint density at radius 3 is 2.46 bits per heavy atom. The van der Waals surface area contributed by atoms with E-state index in [-0.39, 0.29) is 11.2 Å². The molecule has 0 fully saturated rings. The summed E-state index contributed by atoms with van der Waals surface area (Å²) >= 11 is 1.39. The molecule has 0 aliphatic rings. The van der Waals surface area contributed by atoms with Gasteiger partial charge >= 0.3 is 0 Å². The summed E-state index contributed by atoms with van der Waals surface area (Å²) in [6, 6.07) is 15.6. The zero-order chi connectivity index (χ0) is 20.3. The second-order valence-corrected chi connectivity index (χ2v) is 8.58. The van der Waals surface area contributed by atoms with Gasteiger partial charge in [0.25, 0.3) is 0 Å². The van der Waals surface area contributed by atoms with Crippen LogP contribution in [0.5, 0.6) is 5.75 Å². The predicted molar refractivity (Wildman–Crippen MR) is 113 cm³/mol. The van der Waals surface area contributed by atoms with Gasteiger partial charge in [0, 0.05) is 18.2 Å². The summed E-state index contributed by atoms with van der Waals surface area (Å²) in [4.78, 5) is 12.5. The van der Waals surface area contributed by atoms with E-state index in [1.807, 2.05) is 23.7 Å². The van der Waals surface area contributed by atoms with Crippen LogP contribution in [0.3, 0.4) is 0 Å². The highest BCUT2D eigenvalue weighted by Crippen LogP contribution is 2.27. The van der Waals surface area contributed by atoms with Crippen LogP contribution in [0.1, 0.15) is 36.7 Å². The third-order valence-electron chi connectivity index (χ3n) is 4.57. The molecule has 0 bridgehead atoms. The molecule has 0 saturated heterocycles. The number of carbonyl (C=O) groups is 1. The number of rotatable bonds is 6. The highest BCUT2D eigenvalue weighted by atomic mass is 32.2. The van der Waals surface area contributed by atoms with E-state index in [1.54, 1.807) is 19.2 Å². The number of Topliss-reactive ketones (excluding diaryl/α,β-unsaturated/α-hetero) is 1. The summed E-state index contributed by atoms with van der Waals surface area (Å²) in [5.74, 6) is 1.79. The molecule has 146 valence electrons. The number of nitrogens with zero attached hydrogens (tertiary/aromatic N) is 3. The van der Waals surface area contributed by atoms with Crippen LogP contribution in [0.4, 0.5) is 0 Å². The fraction of sp³-hybridized carbons (Fsp3) is 0.318. The van der Waals surface area contributed by atoms with Crippen LogP contribution < -0.4 is 4.74 Å². The Balaban J connectivity index is 1.72. The van der Waals surface area contributed by atoms with E-state index in [9.17, 15) is 4.79 Å². The average molecular weight is 396 g/mol. The van der Waals surface area contributed by atoms with E-state index in [0.29, 0.717) is 22.2 Å². The van der Waals surface area contributed by atoms with Crippen LogP contribution in [0.25, 0.3) is 11.4 Å². The quantitative estimate of drug-likeness (QED) is 0.445. The lowest BCUT2D eigenvalue weighted by molar-refractivity contribution is 0.102. The second kappa shape index (κ2) is 8.19. The first kappa shape index (κ1) is 20.1. The lowest BCUT2D eigenvalue weighted by Gasteiger charge is -2.19. The molecule has 3 aromatic rings. The number of hydrogen-bond donors (Lipinski definition) is 0. The number of hydrogen-bond acceptors (Lipinski definition) is 5. The van der Waals surface area contributed by atoms with Crippen molar-refractivity contribution >= 4 is 17.5 Å². The van der Waals surface area contributed by atoms with Crippen LogP contribution in [-0.2, 0) is 12.5 Å². The Kier molecular flexibility index (Phi) is 5.89. The van der Waals surface area contributed by atoms with Gasteiger partial charge in [-0.3, -0.25) is 4.79 Å². The molecule has 28 heavy (non-hydrogen) atoms. The van der Waals surface area contributed by atoms with E-state index >= 15 is 0 Å². The lowest BCUT2D eigenvalue weighted by atomic mass is 9.87. The Hall–Kier alpha value is -2.60. The molecular weight excluding hydrogens is 370 g/mol. The molecule has 1 heterocycles. The van der Waals surface area contributed by atoms with Crippen molar-refractivity contribution in [1.82, 2.24) is 14.8 Å². The maximum absolute atomic E-state index is 12.5. The zero-order valence-electron chi connectivity index (χ0n) is 16.9. The molecule has 0 amide bonds. The predicted octanol–water partition coefficient (Wildman–Crippen LogP) is 4.76. The number of methoxy groups -OCH3 is 1. The van der Waals surface area contributed by atoms with Crippen LogP contribution >= 0.6 is 11.8 Å². The first-order valence-corrected chi connectivity index (χ1v) is 10.1. The van der Waals surface area contributed by atoms with Gasteiger partial charge < -0.3 is 9.30 Å². The summed E-state index contributed by atoms with van der Waals surface area (Å²) in [6.07, 6.45) is 0. The fourth-order valence-electron chi connectivity index (χ4n) is 2.82. The van der Waals surface area contributed by atoms with Gasteiger partial charge in [-0.1, -0.05) is 68.9 Å². The molecule has 0 aliphatic heterocycles. The highest BCUT2D eigenvalue weighted by molar-refractivity contribution is 7.99. The van der Waals surface area contributed by atoms with Crippen LogP contribution in [0.2, 0.25) is 0 Å². The Morgan fingerprint density at radius 2 is 1.82 bits per heavy atom. The molecule has 0 saturated carbocycles. The van der Waals surface area contributed by atoms with E-state index < -0.39 is 0 Å². The molecule has 0 spiro atoms. The molecule has 0 radical (unpaired) electrons. The van der Waals surface area contributed by atoms with E-state index in [2.05, 4.69) is 55.2 Å². The van der Waals surface area contributed by atoms with Crippen LogP contribution in [0, 0.1) is 0 Å². The second-order valence-electron chi connectivity index (χ2n) is 7.64. The number of aromatic nitrogens is 3. The van der Waals surface area contributed by atoms with E-state index in [1.165, 1.54) is 17.3 Å². The Labute approximate surface area is 170 Å². The summed E-state index contributed by atoms with van der Waals surface area (Å²) in [6.45, 7) is 6.58. The largest absolute Gasteiger partial charge is 0.497 e. The molecule has 0 atom stereocenters. The molecule has 0 N–H and O–H groups in total. The highest BCUT2D eigenvalue weighted by Gasteiger charge is 2.16. The number of ketones is 1. The minimum atomic E-state index is 0.0305. The van der Waals surface area contributed by atoms with Crippen molar-refractivity contribution < 1.29 is 9.53 Å². The van der Waals surface area contributed by atoms with Crippen molar-refractivity contribution in [3.05, 3.63) is 59.7 Å². The summed E-state index contributed by atoms with van der Waals surface area (Å²) in [7, 11) is 3.51. The summed E-state index contributed by atoms with van der Waals surface area (Å²) < 4.78 is 7.11. The summed E-state index contributed by atoms with van der Waals surface area (Å²) in [5, 5.41) is 9.29. The molecule has 3 rings (SSSR count). The van der Waals surface area contributed by atoms with Crippen molar-refractivity contribution in [2.45, 2.75) is 31.3 Å². The van der Waals surface area contributed by atoms with Gasteiger partial charge in [-0.15, -0.1) is 10.2 Å².